The fourth-order valence-corrected chi connectivity index (χ4v) is 3.75. The summed E-state index contributed by atoms with van der Waals surface area (Å²) < 4.78 is 31.8. The zero-order chi connectivity index (χ0) is 21.6. The first-order valence-electron chi connectivity index (χ1n) is 8.97. The van der Waals surface area contributed by atoms with Crippen molar-refractivity contribution in [3.8, 4) is 0 Å². The van der Waals surface area contributed by atoms with Crippen molar-refractivity contribution < 1.29 is 27.5 Å². The molecule has 0 spiro atoms. The lowest BCUT2D eigenvalue weighted by molar-refractivity contribution is -0.142. The van der Waals surface area contributed by atoms with Gasteiger partial charge in [0.25, 0.3) is 0 Å². The summed E-state index contributed by atoms with van der Waals surface area (Å²) >= 11 is 0. The maximum Gasteiger partial charge on any atom is 0.307 e. The summed E-state index contributed by atoms with van der Waals surface area (Å²) in [5.41, 5.74) is 2.58. The number of hydrogen-bond donors (Lipinski definition) is 1. The monoisotopic (exact) mass is 417 g/mol. The predicted octanol–water partition coefficient (Wildman–Crippen LogP) is 2.60. The molecule has 0 heterocycles. The summed E-state index contributed by atoms with van der Waals surface area (Å²) in [4.78, 5) is 35.3. The Morgan fingerprint density at radius 3 is 2.41 bits per heavy atom. The molecule has 2 rings (SSSR count). The summed E-state index contributed by atoms with van der Waals surface area (Å²) in [6.07, 6.45) is -0.230. The molecule has 29 heavy (non-hydrogen) atoms. The molecule has 0 aromatic heterocycles. The molecule has 0 atom stereocenters. The van der Waals surface area contributed by atoms with Crippen LogP contribution in [0.4, 0.5) is 0 Å². The van der Waals surface area contributed by atoms with Gasteiger partial charge >= 0.3 is 5.97 Å². The Labute approximate surface area is 170 Å². The number of nitrogens with one attached hydrogen (secondary N) is 1. The van der Waals surface area contributed by atoms with E-state index in [0.29, 0.717) is 5.56 Å². The molecule has 0 bridgehead atoms. The van der Waals surface area contributed by atoms with Crippen LogP contribution in [-0.4, -0.2) is 39.1 Å². The van der Waals surface area contributed by atoms with Crippen LogP contribution in [0, 0.1) is 13.8 Å². The van der Waals surface area contributed by atoms with Gasteiger partial charge in [0.05, 0.1) is 11.3 Å². The smallest absolute Gasteiger partial charge is 0.307 e. The van der Waals surface area contributed by atoms with Crippen LogP contribution in [0.15, 0.2) is 47.4 Å². The van der Waals surface area contributed by atoms with Gasteiger partial charge in [0.1, 0.15) is 0 Å². The molecule has 0 aliphatic carbocycles. The lowest BCUT2D eigenvalue weighted by Crippen LogP contribution is -2.27. The molecule has 0 saturated carbocycles. The highest BCUT2D eigenvalue weighted by Gasteiger charge is 2.17. The number of sulfonamides is 1. The molecule has 0 amide bonds. The van der Waals surface area contributed by atoms with Crippen molar-refractivity contribution in [2.45, 2.75) is 32.1 Å². The van der Waals surface area contributed by atoms with Gasteiger partial charge in [0, 0.05) is 17.7 Å². The highest BCUT2D eigenvalue weighted by atomic mass is 32.2. The SMILES string of the molecule is CC(=O)c1cccc(S(=O)(=O)NCCC(=O)OCC(=O)c2ccc(C)cc2C)c1. The second kappa shape index (κ2) is 9.58. The summed E-state index contributed by atoms with van der Waals surface area (Å²) in [6.45, 7) is 4.46. The zero-order valence-electron chi connectivity index (χ0n) is 16.5. The van der Waals surface area contributed by atoms with E-state index in [0.717, 1.165) is 11.1 Å². The van der Waals surface area contributed by atoms with E-state index in [9.17, 15) is 22.8 Å². The minimum Gasteiger partial charge on any atom is -0.457 e. The fraction of sp³-hybridized carbons (Fsp3) is 0.286. The van der Waals surface area contributed by atoms with Crippen LogP contribution < -0.4 is 4.72 Å². The van der Waals surface area contributed by atoms with Crippen molar-refractivity contribution in [1.29, 1.82) is 0 Å². The van der Waals surface area contributed by atoms with Crippen molar-refractivity contribution in [2.75, 3.05) is 13.2 Å². The molecule has 2 aromatic carbocycles. The lowest BCUT2D eigenvalue weighted by Gasteiger charge is -2.09. The fourth-order valence-electron chi connectivity index (χ4n) is 2.68. The average molecular weight is 417 g/mol. The van der Waals surface area contributed by atoms with E-state index >= 15 is 0 Å². The number of carbonyl (C=O) groups is 3. The number of benzene rings is 2. The molecule has 0 radical (unpaired) electrons. The quantitative estimate of drug-likeness (QED) is 0.496. The highest BCUT2D eigenvalue weighted by molar-refractivity contribution is 7.89. The first-order chi connectivity index (χ1) is 13.6. The van der Waals surface area contributed by atoms with Crippen LogP contribution in [0.2, 0.25) is 0 Å². The van der Waals surface area contributed by atoms with Crippen molar-refractivity contribution in [3.05, 3.63) is 64.7 Å². The molecule has 0 saturated heterocycles. The molecule has 0 aliphatic heterocycles. The van der Waals surface area contributed by atoms with Crippen molar-refractivity contribution >= 4 is 27.6 Å². The van der Waals surface area contributed by atoms with Crippen LogP contribution in [-0.2, 0) is 19.6 Å². The number of rotatable bonds is 9. The third kappa shape index (κ3) is 6.33. The molecule has 0 aliphatic rings. The lowest BCUT2D eigenvalue weighted by atomic mass is 10.0. The van der Waals surface area contributed by atoms with Gasteiger partial charge < -0.3 is 4.74 Å². The van der Waals surface area contributed by atoms with Gasteiger partial charge in [0.15, 0.2) is 12.4 Å². The van der Waals surface area contributed by atoms with E-state index in [4.69, 9.17) is 4.74 Å². The summed E-state index contributed by atoms with van der Waals surface area (Å²) in [5.74, 6) is -1.26. The minimum atomic E-state index is -3.87. The van der Waals surface area contributed by atoms with Crippen molar-refractivity contribution in [1.82, 2.24) is 4.72 Å². The van der Waals surface area contributed by atoms with E-state index in [-0.39, 0.29) is 35.0 Å². The molecule has 2 aromatic rings. The Hall–Kier alpha value is -2.84. The van der Waals surface area contributed by atoms with Crippen molar-refractivity contribution in [2.24, 2.45) is 0 Å². The van der Waals surface area contributed by atoms with Gasteiger partial charge in [-0.2, -0.15) is 0 Å². The largest absolute Gasteiger partial charge is 0.457 e. The summed E-state index contributed by atoms with van der Waals surface area (Å²) in [7, 11) is -3.87. The van der Waals surface area contributed by atoms with Gasteiger partial charge in [-0.05, 0) is 38.5 Å². The normalized spacial score (nSPS) is 11.1. The van der Waals surface area contributed by atoms with E-state index < -0.39 is 22.6 Å². The van der Waals surface area contributed by atoms with Crippen LogP contribution in [0.25, 0.3) is 0 Å². The number of ether oxygens (including phenoxy) is 1. The number of ketones is 2. The van der Waals surface area contributed by atoms with Gasteiger partial charge in [-0.15, -0.1) is 0 Å². The second-order valence-corrected chi connectivity index (χ2v) is 8.40. The van der Waals surface area contributed by atoms with E-state index in [1.807, 2.05) is 13.0 Å². The maximum absolute atomic E-state index is 12.3. The van der Waals surface area contributed by atoms with Gasteiger partial charge in [-0.25, -0.2) is 13.1 Å². The van der Waals surface area contributed by atoms with Crippen molar-refractivity contribution in [3.63, 3.8) is 0 Å². The number of Topliss-reactive ketones (excluding diaryl/α,β-unsaturated/α-hetero) is 2. The average Bonchev–Trinajstić information content (AvgIpc) is 2.66. The molecule has 0 unspecified atom stereocenters. The van der Waals surface area contributed by atoms with Crippen LogP contribution in [0.1, 0.15) is 45.2 Å². The van der Waals surface area contributed by atoms with Crippen LogP contribution in [0.5, 0.6) is 0 Å². The summed E-state index contributed by atoms with van der Waals surface area (Å²) in [6, 6.07) is 11.0. The van der Waals surface area contributed by atoms with Gasteiger partial charge in [0.2, 0.25) is 15.8 Å². The first kappa shape index (κ1) is 22.4. The topological polar surface area (TPSA) is 107 Å². The van der Waals surface area contributed by atoms with E-state index in [1.54, 1.807) is 19.1 Å². The van der Waals surface area contributed by atoms with Crippen LogP contribution >= 0.6 is 0 Å². The number of aryl methyl sites for hydroxylation is 2. The number of hydrogen-bond acceptors (Lipinski definition) is 6. The molecular formula is C21H23NO6S. The Bertz CT molecular complexity index is 1040. The Morgan fingerprint density at radius 1 is 1.03 bits per heavy atom. The molecule has 8 heteroatoms. The second-order valence-electron chi connectivity index (χ2n) is 6.63. The third-order valence-electron chi connectivity index (χ3n) is 4.22. The Morgan fingerprint density at radius 2 is 1.76 bits per heavy atom. The third-order valence-corrected chi connectivity index (χ3v) is 5.68. The predicted molar refractivity (Wildman–Crippen MR) is 107 cm³/mol. The number of carbonyl (C=O) groups excluding carboxylic acids is 3. The summed E-state index contributed by atoms with van der Waals surface area (Å²) in [5, 5.41) is 0. The van der Waals surface area contributed by atoms with Gasteiger partial charge in [-0.1, -0.05) is 35.9 Å². The molecule has 0 fully saturated rings. The zero-order valence-corrected chi connectivity index (χ0v) is 17.3. The highest BCUT2D eigenvalue weighted by Crippen LogP contribution is 2.13. The minimum absolute atomic E-state index is 0.0661. The van der Waals surface area contributed by atoms with Crippen LogP contribution in [0.3, 0.4) is 0 Å². The number of esters is 1. The molecule has 7 nitrogen and oxygen atoms in total. The first-order valence-corrected chi connectivity index (χ1v) is 10.4. The molecule has 1 N–H and O–H groups in total. The standard InChI is InChI=1S/C21H23NO6S/c1-14-7-8-19(15(2)11-14)20(24)13-28-21(25)9-10-22-29(26,27)18-6-4-5-17(12-18)16(3)23/h4-8,11-12,22H,9-10,13H2,1-3H3. The Kier molecular flexibility index (Phi) is 7.41. The Balaban J connectivity index is 1.85. The molecule has 154 valence electrons. The molecular weight excluding hydrogens is 394 g/mol. The van der Waals surface area contributed by atoms with E-state index in [1.165, 1.54) is 31.2 Å². The van der Waals surface area contributed by atoms with E-state index in [2.05, 4.69) is 4.72 Å². The van der Waals surface area contributed by atoms with Gasteiger partial charge in [-0.3, -0.25) is 14.4 Å². The maximum atomic E-state index is 12.3.